The molecule has 4 rings (SSSR count). The minimum absolute atomic E-state index is 0.0779. The number of hydrogen-bond donors (Lipinski definition) is 0. The van der Waals surface area contributed by atoms with Crippen LogP contribution in [0.5, 0.6) is 0 Å². The number of para-hydroxylation sites is 2. The number of benzene rings is 2. The first kappa shape index (κ1) is 15.9. The molecular weight excluding hydrogens is 332 g/mol. The molecule has 5 nitrogen and oxygen atoms in total. The molecule has 25 heavy (non-hydrogen) atoms. The number of hydrogen-bond acceptors (Lipinski definition) is 4. The topological polar surface area (TPSA) is 52.2 Å². The minimum Gasteiger partial charge on any atom is -0.268 e. The van der Waals surface area contributed by atoms with Gasteiger partial charge < -0.3 is 0 Å². The normalized spacial score (nSPS) is 11.7. The van der Waals surface area contributed by atoms with Crippen molar-refractivity contribution < 1.29 is 0 Å². The second-order valence-electron chi connectivity index (χ2n) is 6.23. The van der Waals surface area contributed by atoms with Gasteiger partial charge in [0.15, 0.2) is 5.16 Å². The average Bonchev–Trinajstić information content (AvgIpc) is 2.99. The van der Waals surface area contributed by atoms with Crippen molar-refractivity contribution in [1.82, 2.24) is 19.2 Å². The fourth-order valence-electron chi connectivity index (χ4n) is 3.00. The SMILES string of the molecule is Cc1ccccc1-n1c(=O)c2ccccc2n2c(SC(C)C)nnc12. The third kappa shape index (κ3) is 2.53. The molecule has 6 heteroatoms. The Kier molecular flexibility index (Phi) is 3.84. The minimum atomic E-state index is -0.0779. The summed E-state index contributed by atoms with van der Waals surface area (Å²) in [6, 6.07) is 15.4. The summed E-state index contributed by atoms with van der Waals surface area (Å²) in [5.74, 6) is 0.543. The van der Waals surface area contributed by atoms with Gasteiger partial charge in [-0.1, -0.05) is 55.9 Å². The maximum absolute atomic E-state index is 13.2. The van der Waals surface area contributed by atoms with Gasteiger partial charge in [0.1, 0.15) is 0 Å². The standard InChI is InChI=1S/C19H18N4OS/c1-12(2)25-19-21-20-18-22(15-10-6-4-8-13(15)3)17(24)14-9-5-7-11-16(14)23(18)19/h4-12H,1-3H3. The van der Waals surface area contributed by atoms with Gasteiger partial charge in [0.25, 0.3) is 5.56 Å². The van der Waals surface area contributed by atoms with Crippen molar-refractivity contribution in [3.05, 3.63) is 64.4 Å². The Morgan fingerprint density at radius 1 is 1.00 bits per heavy atom. The second kappa shape index (κ2) is 6.04. The van der Waals surface area contributed by atoms with E-state index in [1.165, 1.54) is 0 Å². The van der Waals surface area contributed by atoms with Gasteiger partial charge in [-0.05, 0) is 30.7 Å². The lowest BCUT2D eigenvalue weighted by Crippen LogP contribution is -2.22. The number of fused-ring (bicyclic) bond motifs is 3. The summed E-state index contributed by atoms with van der Waals surface area (Å²) in [4.78, 5) is 13.2. The molecule has 2 aromatic carbocycles. The molecule has 0 unspecified atom stereocenters. The highest BCUT2D eigenvalue weighted by atomic mass is 32.2. The molecule has 2 aromatic heterocycles. The number of aryl methyl sites for hydroxylation is 1. The van der Waals surface area contributed by atoms with Gasteiger partial charge >= 0.3 is 0 Å². The van der Waals surface area contributed by atoms with Gasteiger partial charge in [-0.15, -0.1) is 10.2 Å². The summed E-state index contributed by atoms with van der Waals surface area (Å²) in [5.41, 5.74) is 2.60. The van der Waals surface area contributed by atoms with Crippen molar-refractivity contribution in [1.29, 1.82) is 0 Å². The first-order valence-corrected chi connectivity index (χ1v) is 9.07. The molecule has 0 fully saturated rings. The third-order valence-corrected chi connectivity index (χ3v) is 5.04. The van der Waals surface area contributed by atoms with Crippen LogP contribution in [0.1, 0.15) is 19.4 Å². The Labute approximate surface area is 149 Å². The van der Waals surface area contributed by atoms with Crippen molar-refractivity contribution in [3.8, 4) is 5.69 Å². The van der Waals surface area contributed by atoms with Crippen LogP contribution in [-0.2, 0) is 0 Å². The Balaban J connectivity index is 2.19. The van der Waals surface area contributed by atoms with E-state index in [1.54, 1.807) is 16.3 Å². The zero-order valence-electron chi connectivity index (χ0n) is 14.3. The summed E-state index contributed by atoms with van der Waals surface area (Å²) in [7, 11) is 0. The van der Waals surface area contributed by atoms with Crippen LogP contribution in [0.3, 0.4) is 0 Å². The Bertz CT molecular complexity index is 1140. The van der Waals surface area contributed by atoms with Crippen LogP contribution in [0.4, 0.5) is 0 Å². The van der Waals surface area contributed by atoms with Crippen molar-refractivity contribution >= 4 is 28.4 Å². The summed E-state index contributed by atoms with van der Waals surface area (Å²) in [6.07, 6.45) is 0. The molecular formula is C19H18N4OS. The Morgan fingerprint density at radius 3 is 2.48 bits per heavy atom. The highest BCUT2D eigenvalue weighted by Gasteiger charge is 2.19. The van der Waals surface area contributed by atoms with Gasteiger partial charge in [0, 0.05) is 5.25 Å². The molecule has 0 bridgehead atoms. The molecule has 4 aromatic rings. The van der Waals surface area contributed by atoms with Crippen LogP contribution < -0.4 is 5.56 Å². The molecule has 0 saturated carbocycles. The van der Waals surface area contributed by atoms with E-state index in [1.807, 2.05) is 59.9 Å². The quantitative estimate of drug-likeness (QED) is 0.527. The van der Waals surface area contributed by atoms with E-state index in [-0.39, 0.29) is 5.56 Å². The highest BCUT2D eigenvalue weighted by Crippen LogP contribution is 2.26. The summed E-state index contributed by atoms with van der Waals surface area (Å²) < 4.78 is 3.64. The summed E-state index contributed by atoms with van der Waals surface area (Å²) in [5, 5.41) is 10.5. The number of thioether (sulfide) groups is 1. The van der Waals surface area contributed by atoms with E-state index in [9.17, 15) is 4.79 Å². The van der Waals surface area contributed by atoms with E-state index in [0.717, 1.165) is 21.9 Å². The average molecular weight is 350 g/mol. The highest BCUT2D eigenvalue weighted by molar-refractivity contribution is 7.99. The lowest BCUT2D eigenvalue weighted by Gasteiger charge is -2.13. The molecule has 2 heterocycles. The van der Waals surface area contributed by atoms with Gasteiger partial charge in [-0.25, -0.2) is 4.57 Å². The fraction of sp³-hybridized carbons (Fsp3) is 0.211. The third-order valence-electron chi connectivity index (χ3n) is 4.09. The van der Waals surface area contributed by atoms with E-state index in [2.05, 4.69) is 24.0 Å². The van der Waals surface area contributed by atoms with Crippen molar-refractivity contribution in [2.75, 3.05) is 0 Å². The number of rotatable bonds is 3. The fourth-order valence-corrected chi connectivity index (χ4v) is 3.79. The smallest absolute Gasteiger partial charge is 0.267 e. The Hall–Kier alpha value is -2.60. The molecule has 0 spiro atoms. The van der Waals surface area contributed by atoms with Gasteiger partial charge in [0.05, 0.1) is 16.6 Å². The van der Waals surface area contributed by atoms with Crippen molar-refractivity contribution in [2.45, 2.75) is 31.2 Å². The van der Waals surface area contributed by atoms with Crippen LogP contribution in [0.2, 0.25) is 0 Å². The predicted octanol–water partition coefficient (Wildman–Crippen LogP) is 3.84. The van der Waals surface area contributed by atoms with E-state index in [4.69, 9.17) is 0 Å². The molecule has 0 atom stereocenters. The maximum atomic E-state index is 13.2. The number of aromatic nitrogens is 4. The van der Waals surface area contributed by atoms with E-state index in [0.29, 0.717) is 16.4 Å². The predicted molar refractivity (Wildman–Crippen MR) is 102 cm³/mol. The lowest BCUT2D eigenvalue weighted by atomic mass is 10.2. The van der Waals surface area contributed by atoms with Crippen LogP contribution in [0.25, 0.3) is 22.4 Å². The molecule has 0 N–H and O–H groups in total. The molecule has 0 amide bonds. The molecule has 126 valence electrons. The van der Waals surface area contributed by atoms with Gasteiger partial charge in [-0.2, -0.15) is 0 Å². The summed E-state index contributed by atoms with van der Waals surface area (Å²) >= 11 is 1.64. The zero-order valence-corrected chi connectivity index (χ0v) is 15.1. The van der Waals surface area contributed by atoms with Crippen molar-refractivity contribution in [2.24, 2.45) is 0 Å². The summed E-state index contributed by atoms with van der Waals surface area (Å²) in [6.45, 7) is 6.23. The van der Waals surface area contributed by atoms with Crippen LogP contribution in [0.15, 0.2) is 58.5 Å². The monoisotopic (exact) mass is 350 g/mol. The number of nitrogens with zero attached hydrogens (tertiary/aromatic N) is 4. The molecule has 0 aliphatic heterocycles. The first-order chi connectivity index (χ1) is 12.1. The van der Waals surface area contributed by atoms with Gasteiger partial charge in [0.2, 0.25) is 5.78 Å². The molecule has 0 saturated heterocycles. The van der Waals surface area contributed by atoms with Crippen LogP contribution in [0, 0.1) is 6.92 Å². The Morgan fingerprint density at radius 2 is 1.72 bits per heavy atom. The van der Waals surface area contributed by atoms with Crippen molar-refractivity contribution in [3.63, 3.8) is 0 Å². The molecule has 0 aliphatic carbocycles. The first-order valence-electron chi connectivity index (χ1n) is 8.19. The molecule has 0 aliphatic rings. The van der Waals surface area contributed by atoms with Gasteiger partial charge in [-0.3, -0.25) is 9.20 Å². The largest absolute Gasteiger partial charge is 0.268 e. The van der Waals surface area contributed by atoms with E-state index >= 15 is 0 Å². The second-order valence-corrected chi connectivity index (χ2v) is 7.77. The van der Waals surface area contributed by atoms with E-state index < -0.39 is 0 Å². The zero-order chi connectivity index (χ0) is 17.6. The van der Waals surface area contributed by atoms with Crippen LogP contribution in [-0.4, -0.2) is 24.4 Å². The molecule has 0 radical (unpaired) electrons. The lowest BCUT2D eigenvalue weighted by molar-refractivity contribution is 0.920. The maximum Gasteiger partial charge on any atom is 0.267 e. The van der Waals surface area contributed by atoms with Crippen LogP contribution >= 0.6 is 11.8 Å².